The third-order valence-corrected chi connectivity index (χ3v) is 3.44. The van der Waals surface area contributed by atoms with Gasteiger partial charge < -0.3 is 29.6 Å². The molecule has 2 aromatic carbocycles. The van der Waals surface area contributed by atoms with E-state index in [1.165, 1.54) is 7.11 Å². The van der Waals surface area contributed by atoms with E-state index in [1.807, 2.05) is 31.2 Å². The van der Waals surface area contributed by atoms with Gasteiger partial charge in [-0.1, -0.05) is 6.07 Å². The van der Waals surface area contributed by atoms with Gasteiger partial charge in [0, 0.05) is 0 Å². The Hall–Kier alpha value is -3.09. The van der Waals surface area contributed by atoms with Gasteiger partial charge in [-0.15, -0.1) is 0 Å². The van der Waals surface area contributed by atoms with Gasteiger partial charge in [0.05, 0.1) is 33.1 Å². The van der Waals surface area contributed by atoms with Crippen molar-refractivity contribution in [2.45, 2.75) is 6.92 Å². The van der Waals surface area contributed by atoms with Crippen molar-refractivity contribution >= 4 is 11.7 Å². The van der Waals surface area contributed by atoms with Gasteiger partial charge in [-0.25, -0.2) is 4.79 Å². The Morgan fingerprint density at radius 1 is 0.962 bits per heavy atom. The second-order valence-electron chi connectivity index (χ2n) is 5.17. The van der Waals surface area contributed by atoms with Crippen molar-refractivity contribution in [3.63, 3.8) is 0 Å². The van der Waals surface area contributed by atoms with Gasteiger partial charge in [0.15, 0.2) is 11.5 Å². The van der Waals surface area contributed by atoms with Crippen LogP contribution in [0.1, 0.15) is 6.92 Å². The molecule has 0 fully saturated rings. The Balaban J connectivity index is 1.77. The van der Waals surface area contributed by atoms with Crippen molar-refractivity contribution in [2.24, 2.45) is 0 Å². The van der Waals surface area contributed by atoms with Crippen LogP contribution in [-0.4, -0.2) is 40.0 Å². The minimum atomic E-state index is -0.355. The fourth-order valence-corrected chi connectivity index (χ4v) is 2.28. The maximum Gasteiger partial charge on any atom is 0.319 e. The molecule has 0 radical (unpaired) electrons. The van der Waals surface area contributed by atoms with Crippen LogP contribution < -0.4 is 29.6 Å². The highest BCUT2D eigenvalue weighted by atomic mass is 16.5. The molecular weight excluding hydrogens is 336 g/mol. The molecule has 7 nitrogen and oxygen atoms in total. The summed E-state index contributed by atoms with van der Waals surface area (Å²) in [6, 6.07) is 12.2. The smallest absolute Gasteiger partial charge is 0.319 e. The number of hydrogen-bond acceptors (Lipinski definition) is 5. The zero-order valence-electron chi connectivity index (χ0n) is 15.2. The molecule has 2 rings (SSSR count). The molecule has 0 atom stereocenters. The molecular formula is C19H24N2O5. The van der Waals surface area contributed by atoms with Crippen LogP contribution >= 0.6 is 0 Å². The summed E-state index contributed by atoms with van der Waals surface area (Å²) < 4.78 is 21.4. The quantitative estimate of drug-likeness (QED) is 0.671. The lowest BCUT2D eigenvalue weighted by molar-refractivity contribution is 0.247. The average molecular weight is 360 g/mol. The number of urea groups is 1. The predicted molar refractivity (Wildman–Crippen MR) is 99.7 cm³/mol. The first kappa shape index (κ1) is 19.2. The van der Waals surface area contributed by atoms with Gasteiger partial charge in [0.2, 0.25) is 0 Å². The molecule has 2 N–H and O–H groups in total. The average Bonchev–Trinajstić information content (AvgIpc) is 2.66. The lowest BCUT2D eigenvalue weighted by Crippen LogP contribution is -2.32. The summed E-state index contributed by atoms with van der Waals surface area (Å²) in [5, 5.41) is 5.45. The number of anilines is 1. The predicted octanol–water partition coefficient (Wildman–Crippen LogP) is 3.30. The highest BCUT2D eigenvalue weighted by Gasteiger charge is 2.11. The topological polar surface area (TPSA) is 78.1 Å². The standard InChI is InChI=1S/C19H24N2O5/c1-4-25-14-8-10-15(11-9-14)26-13-12-20-19(22)21-16-6-5-7-17(23-2)18(16)24-3/h5-11H,4,12-13H2,1-3H3,(H2,20,21,22). The molecule has 26 heavy (non-hydrogen) atoms. The number of rotatable bonds is 9. The molecule has 0 aliphatic carbocycles. The van der Waals surface area contributed by atoms with Crippen LogP contribution in [0, 0.1) is 0 Å². The Kier molecular flexibility index (Phi) is 7.42. The molecule has 0 unspecified atom stereocenters. The van der Waals surface area contributed by atoms with Crippen molar-refractivity contribution in [1.82, 2.24) is 5.32 Å². The van der Waals surface area contributed by atoms with Crippen molar-refractivity contribution in [2.75, 3.05) is 39.3 Å². The number of nitrogens with one attached hydrogen (secondary N) is 2. The van der Waals surface area contributed by atoms with Crippen molar-refractivity contribution in [1.29, 1.82) is 0 Å². The fourth-order valence-electron chi connectivity index (χ4n) is 2.28. The lowest BCUT2D eigenvalue weighted by atomic mass is 10.2. The number of benzene rings is 2. The number of methoxy groups -OCH3 is 2. The normalized spacial score (nSPS) is 9.96. The van der Waals surface area contributed by atoms with Crippen LogP contribution in [0.3, 0.4) is 0 Å². The van der Waals surface area contributed by atoms with Gasteiger partial charge in [-0.2, -0.15) is 0 Å². The minimum absolute atomic E-state index is 0.344. The fraction of sp³-hybridized carbons (Fsp3) is 0.316. The highest BCUT2D eigenvalue weighted by Crippen LogP contribution is 2.34. The number of hydrogen-bond donors (Lipinski definition) is 2. The first-order valence-corrected chi connectivity index (χ1v) is 8.29. The molecule has 0 bridgehead atoms. The summed E-state index contributed by atoms with van der Waals surface area (Å²) in [4.78, 5) is 12.0. The van der Waals surface area contributed by atoms with E-state index in [2.05, 4.69) is 10.6 Å². The van der Waals surface area contributed by atoms with Crippen LogP contribution in [0.15, 0.2) is 42.5 Å². The first-order valence-electron chi connectivity index (χ1n) is 8.29. The molecule has 140 valence electrons. The maximum absolute atomic E-state index is 12.0. The summed E-state index contributed by atoms with van der Waals surface area (Å²) in [6.07, 6.45) is 0. The van der Waals surface area contributed by atoms with Gasteiger partial charge in [0.25, 0.3) is 0 Å². The SMILES string of the molecule is CCOc1ccc(OCCNC(=O)Nc2cccc(OC)c2OC)cc1. The monoisotopic (exact) mass is 360 g/mol. The second-order valence-corrected chi connectivity index (χ2v) is 5.17. The van der Waals surface area contributed by atoms with E-state index >= 15 is 0 Å². The van der Waals surface area contributed by atoms with Crippen molar-refractivity contribution < 1.29 is 23.7 Å². The summed E-state index contributed by atoms with van der Waals surface area (Å²) in [7, 11) is 3.06. The number of amides is 2. The third-order valence-electron chi connectivity index (χ3n) is 3.44. The van der Waals surface area contributed by atoms with Crippen LogP contribution in [0.25, 0.3) is 0 Å². The number of carbonyl (C=O) groups is 1. The molecule has 0 heterocycles. The molecule has 2 aromatic rings. The van der Waals surface area contributed by atoms with E-state index in [0.717, 1.165) is 5.75 Å². The van der Waals surface area contributed by atoms with Crippen LogP contribution in [0.5, 0.6) is 23.0 Å². The Morgan fingerprint density at radius 2 is 1.65 bits per heavy atom. The van der Waals surface area contributed by atoms with E-state index in [-0.39, 0.29) is 6.03 Å². The first-order chi connectivity index (χ1) is 12.7. The molecule has 7 heteroatoms. The van der Waals surface area contributed by atoms with Gasteiger partial charge >= 0.3 is 6.03 Å². The summed E-state index contributed by atoms with van der Waals surface area (Å²) in [6.45, 7) is 3.25. The van der Waals surface area contributed by atoms with E-state index in [9.17, 15) is 4.79 Å². The Morgan fingerprint density at radius 3 is 2.27 bits per heavy atom. The van der Waals surface area contributed by atoms with E-state index in [4.69, 9.17) is 18.9 Å². The summed E-state index contributed by atoms with van der Waals surface area (Å²) in [5.41, 5.74) is 0.525. The number of para-hydroxylation sites is 1. The van der Waals surface area contributed by atoms with E-state index in [0.29, 0.717) is 42.7 Å². The highest BCUT2D eigenvalue weighted by molar-refractivity contribution is 5.91. The zero-order chi connectivity index (χ0) is 18.8. The molecule has 2 amide bonds. The Labute approximate surface area is 153 Å². The minimum Gasteiger partial charge on any atom is -0.494 e. The van der Waals surface area contributed by atoms with E-state index in [1.54, 1.807) is 25.3 Å². The molecule has 0 aliphatic rings. The zero-order valence-corrected chi connectivity index (χ0v) is 15.2. The van der Waals surface area contributed by atoms with Gasteiger partial charge in [-0.05, 0) is 43.3 Å². The molecule has 0 spiro atoms. The summed E-state index contributed by atoms with van der Waals surface area (Å²) >= 11 is 0. The Bertz CT molecular complexity index is 704. The van der Waals surface area contributed by atoms with Crippen LogP contribution in [-0.2, 0) is 0 Å². The van der Waals surface area contributed by atoms with Crippen molar-refractivity contribution in [3.05, 3.63) is 42.5 Å². The van der Waals surface area contributed by atoms with Crippen LogP contribution in [0.4, 0.5) is 10.5 Å². The molecule has 0 saturated carbocycles. The molecule has 0 saturated heterocycles. The molecule has 0 aliphatic heterocycles. The van der Waals surface area contributed by atoms with E-state index < -0.39 is 0 Å². The second kappa shape index (κ2) is 10.0. The molecule has 0 aromatic heterocycles. The maximum atomic E-state index is 12.0. The third kappa shape index (κ3) is 5.47. The largest absolute Gasteiger partial charge is 0.494 e. The summed E-state index contributed by atoms with van der Waals surface area (Å²) in [5.74, 6) is 2.52. The van der Waals surface area contributed by atoms with Gasteiger partial charge in [-0.3, -0.25) is 0 Å². The van der Waals surface area contributed by atoms with Crippen LogP contribution in [0.2, 0.25) is 0 Å². The number of ether oxygens (including phenoxy) is 4. The van der Waals surface area contributed by atoms with Crippen molar-refractivity contribution in [3.8, 4) is 23.0 Å². The lowest BCUT2D eigenvalue weighted by Gasteiger charge is -2.14. The van der Waals surface area contributed by atoms with Gasteiger partial charge in [0.1, 0.15) is 18.1 Å². The number of carbonyl (C=O) groups excluding carboxylic acids is 1.